The maximum atomic E-state index is 11.8. The molecule has 4 N–H and O–H groups in total. The number of carboxylic acids is 1. The minimum Gasteiger partial charge on any atom is -0.508 e. The van der Waals surface area contributed by atoms with E-state index in [9.17, 15) is 24.9 Å². The number of hydrogen-bond acceptors (Lipinski definition) is 7. The Balaban J connectivity index is 2.08. The molecule has 0 amide bonds. The fraction of sp³-hybridized carbons (Fsp3) is 0.0556. The molecule has 26 heavy (non-hydrogen) atoms. The number of carboxylic acid groups (broad SMARTS) is 1. The number of aliphatic carboxylic acids is 1. The van der Waals surface area contributed by atoms with Gasteiger partial charge in [-0.1, -0.05) is 23.5 Å². The van der Waals surface area contributed by atoms with Crippen molar-refractivity contribution < 1.29 is 24.9 Å². The molecule has 1 aromatic heterocycles. The number of phenols is 2. The standard InChI is InChI=1S/C18H14N2O5S/c21-7-6-13(10-2-1-3-11(22)8-10)16(17(24)25)20-18-19-14-5-4-12(23)9-15(14)26-18/h1-5,7-9,22-23H,6H2,(H,19,20)(H,24,25)/b16-13+. The highest BCUT2D eigenvalue weighted by molar-refractivity contribution is 7.22. The largest absolute Gasteiger partial charge is 0.508 e. The second kappa shape index (κ2) is 7.24. The van der Waals surface area contributed by atoms with Gasteiger partial charge in [-0.15, -0.1) is 0 Å². The van der Waals surface area contributed by atoms with Crippen molar-refractivity contribution in [2.24, 2.45) is 0 Å². The molecule has 132 valence electrons. The minimum absolute atomic E-state index is 0.0360. The first-order valence-corrected chi connectivity index (χ1v) is 8.35. The number of carbonyl (C=O) groups is 2. The van der Waals surface area contributed by atoms with E-state index in [1.807, 2.05) is 0 Å². The highest BCUT2D eigenvalue weighted by atomic mass is 32.1. The van der Waals surface area contributed by atoms with Gasteiger partial charge in [0.05, 0.1) is 10.2 Å². The molecule has 0 aliphatic heterocycles. The van der Waals surface area contributed by atoms with Crippen molar-refractivity contribution in [1.82, 2.24) is 4.98 Å². The van der Waals surface area contributed by atoms with Gasteiger partial charge in [0.1, 0.15) is 23.5 Å². The average Bonchev–Trinajstić information content (AvgIpc) is 2.99. The van der Waals surface area contributed by atoms with Crippen LogP contribution in [-0.4, -0.2) is 32.6 Å². The smallest absolute Gasteiger partial charge is 0.352 e. The molecule has 8 heteroatoms. The zero-order valence-electron chi connectivity index (χ0n) is 13.3. The molecule has 0 fully saturated rings. The minimum atomic E-state index is -1.26. The zero-order chi connectivity index (χ0) is 18.7. The van der Waals surface area contributed by atoms with E-state index in [2.05, 4.69) is 10.3 Å². The Hall–Kier alpha value is -3.39. The number of carbonyl (C=O) groups excluding carboxylic acids is 1. The van der Waals surface area contributed by atoms with Crippen molar-refractivity contribution in [3.8, 4) is 11.5 Å². The molecule has 3 rings (SSSR count). The van der Waals surface area contributed by atoms with Crippen LogP contribution in [0.4, 0.5) is 5.13 Å². The van der Waals surface area contributed by atoms with E-state index >= 15 is 0 Å². The molecule has 7 nitrogen and oxygen atoms in total. The number of rotatable bonds is 6. The second-order valence-corrected chi connectivity index (χ2v) is 6.41. The molecule has 0 saturated carbocycles. The number of nitrogens with one attached hydrogen (secondary N) is 1. The van der Waals surface area contributed by atoms with Crippen molar-refractivity contribution >= 4 is 44.5 Å². The first kappa shape index (κ1) is 17.4. The van der Waals surface area contributed by atoms with Crippen LogP contribution in [0, 0.1) is 0 Å². The average molecular weight is 370 g/mol. The first-order valence-electron chi connectivity index (χ1n) is 7.54. The summed E-state index contributed by atoms with van der Waals surface area (Å²) in [4.78, 5) is 27.1. The number of anilines is 1. The zero-order valence-corrected chi connectivity index (χ0v) is 14.2. The van der Waals surface area contributed by atoms with Crippen LogP contribution in [0.3, 0.4) is 0 Å². The second-order valence-electron chi connectivity index (χ2n) is 5.38. The van der Waals surface area contributed by atoms with E-state index in [0.29, 0.717) is 27.2 Å². The summed E-state index contributed by atoms with van der Waals surface area (Å²) in [6, 6.07) is 10.7. The van der Waals surface area contributed by atoms with Crippen LogP contribution < -0.4 is 5.32 Å². The number of benzene rings is 2. The summed E-state index contributed by atoms with van der Waals surface area (Å²) in [5.41, 5.74) is 1.05. The lowest BCUT2D eigenvalue weighted by Gasteiger charge is -2.11. The summed E-state index contributed by atoms with van der Waals surface area (Å²) >= 11 is 1.17. The van der Waals surface area contributed by atoms with Crippen molar-refractivity contribution in [2.75, 3.05) is 5.32 Å². The topological polar surface area (TPSA) is 120 Å². The summed E-state index contributed by atoms with van der Waals surface area (Å²) in [5.74, 6) is -1.21. The Morgan fingerprint density at radius 2 is 1.92 bits per heavy atom. The van der Waals surface area contributed by atoms with Gasteiger partial charge in [-0.05, 0) is 41.5 Å². The fourth-order valence-electron chi connectivity index (χ4n) is 2.47. The fourth-order valence-corrected chi connectivity index (χ4v) is 3.38. The number of nitrogens with zero attached hydrogens (tertiary/aromatic N) is 1. The number of aromatic hydroxyl groups is 2. The third-order valence-corrected chi connectivity index (χ3v) is 4.54. The third-order valence-electron chi connectivity index (χ3n) is 3.60. The molecule has 0 bridgehead atoms. The molecule has 0 aliphatic carbocycles. The number of hydrogen-bond donors (Lipinski definition) is 4. The highest BCUT2D eigenvalue weighted by Gasteiger charge is 2.18. The SMILES string of the molecule is O=CC/C(=C(\Nc1nc2ccc(O)cc2s1)C(=O)O)c1cccc(O)c1. The van der Waals surface area contributed by atoms with Crippen LogP contribution in [0.5, 0.6) is 11.5 Å². The van der Waals surface area contributed by atoms with Crippen LogP contribution in [0.2, 0.25) is 0 Å². The number of allylic oxidation sites excluding steroid dienone is 1. The quantitative estimate of drug-likeness (QED) is 0.388. The Labute approximate surface area is 151 Å². The number of aromatic nitrogens is 1. The Morgan fingerprint density at radius 1 is 1.15 bits per heavy atom. The number of fused-ring (bicyclic) bond motifs is 1. The van der Waals surface area contributed by atoms with E-state index in [1.54, 1.807) is 18.2 Å². The summed E-state index contributed by atoms with van der Waals surface area (Å²) in [7, 11) is 0. The monoisotopic (exact) mass is 370 g/mol. The molecule has 0 saturated heterocycles. The number of phenolic OH excluding ortho intramolecular Hbond substituents is 2. The molecular weight excluding hydrogens is 356 g/mol. The summed E-state index contributed by atoms with van der Waals surface area (Å²) in [6.45, 7) is 0. The van der Waals surface area contributed by atoms with Gasteiger partial charge in [0, 0.05) is 6.42 Å². The lowest BCUT2D eigenvalue weighted by Crippen LogP contribution is -2.13. The van der Waals surface area contributed by atoms with Crippen molar-refractivity contribution in [3.63, 3.8) is 0 Å². The van der Waals surface area contributed by atoms with Gasteiger partial charge >= 0.3 is 5.97 Å². The molecule has 2 aromatic carbocycles. The van der Waals surface area contributed by atoms with Gasteiger partial charge in [0.25, 0.3) is 0 Å². The van der Waals surface area contributed by atoms with Crippen LogP contribution in [0.25, 0.3) is 15.8 Å². The van der Waals surface area contributed by atoms with Crippen LogP contribution >= 0.6 is 11.3 Å². The molecule has 0 spiro atoms. The van der Waals surface area contributed by atoms with Crippen LogP contribution in [0.1, 0.15) is 12.0 Å². The van der Waals surface area contributed by atoms with Gasteiger partial charge < -0.3 is 25.4 Å². The van der Waals surface area contributed by atoms with Crippen LogP contribution in [-0.2, 0) is 9.59 Å². The van der Waals surface area contributed by atoms with E-state index in [0.717, 1.165) is 0 Å². The predicted octanol–water partition coefficient (Wildman–Crippen LogP) is 3.20. The van der Waals surface area contributed by atoms with E-state index in [4.69, 9.17) is 0 Å². The van der Waals surface area contributed by atoms with Crippen molar-refractivity contribution in [2.45, 2.75) is 6.42 Å². The Kier molecular flexibility index (Phi) is 4.85. The van der Waals surface area contributed by atoms with Gasteiger partial charge in [-0.3, -0.25) is 0 Å². The third kappa shape index (κ3) is 3.65. The van der Waals surface area contributed by atoms with Gasteiger partial charge in [-0.25, -0.2) is 9.78 Å². The van der Waals surface area contributed by atoms with Gasteiger partial charge in [0.15, 0.2) is 5.13 Å². The maximum Gasteiger partial charge on any atom is 0.352 e. The molecule has 0 radical (unpaired) electrons. The normalized spacial score (nSPS) is 11.8. The first-order chi connectivity index (χ1) is 12.5. The van der Waals surface area contributed by atoms with E-state index in [1.165, 1.54) is 35.6 Å². The summed E-state index contributed by atoms with van der Waals surface area (Å²) in [6.07, 6.45) is 0.449. The van der Waals surface area contributed by atoms with Crippen LogP contribution in [0.15, 0.2) is 48.2 Å². The van der Waals surface area contributed by atoms with E-state index in [-0.39, 0.29) is 29.2 Å². The maximum absolute atomic E-state index is 11.8. The predicted molar refractivity (Wildman–Crippen MR) is 98.3 cm³/mol. The van der Waals surface area contributed by atoms with Gasteiger partial charge in [-0.2, -0.15) is 0 Å². The lowest BCUT2D eigenvalue weighted by atomic mass is 10.0. The van der Waals surface area contributed by atoms with Crippen molar-refractivity contribution in [3.05, 3.63) is 53.7 Å². The number of thiazole rings is 1. The highest BCUT2D eigenvalue weighted by Crippen LogP contribution is 2.31. The molecule has 0 atom stereocenters. The summed E-state index contributed by atoms with van der Waals surface area (Å²) < 4.78 is 0.687. The molecule has 0 aliphatic rings. The molecule has 3 aromatic rings. The number of aldehydes is 1. The van der Waals surface area contributed by atoms with E-state index < -0.39 is 5.97 Å². The Bertz CT molecular complexity index is 1030. The molecular formula is C18H14N2O5S. The Morgan fingerprint density at radius 3 is 2.62 bits per heavy atom. The summed E-state index contributed by atoms with van der Waals surface area (Å²) in [5, 5.41) is 31.9. The lowest BCUT2D eigenvalue weighted by molar-refractivity contribution is -0.132. The van der Waals surface area contributed by atoms with Crippen molar-refractivity contribution in [1.29, 1.82) is 0 Å². The molecule has 1 heterocycles. The van der Waals surface area contributed by atoms with Gasteiger partial charge in [0.2, 0.25) is 0 Å². The molecule has 0 unspecified atom stereocenters.